The maximum absolute atomic E-state index is 6.15. The van der Waals surface area contributed by atoms with Crippen molar-refractivity contribution in [1.29, 1.82) is 0 Å². The van der Waals surface area contributed by atoms with Crippen molar-refractivity contribution < 1.29 is 0 Å². The monoisotopic (exact) mass is 269 g/mol. The zero-order valence-corrected chi connectivity index (χ0v) is 11.1. The molecule has 0 saturated carbocycles. The lowest BCUT2D eigenvalue weighted by Gasteiger charge is -2.13. The smallest absolute Gasteiger partial charge is 0.0927 e. The fourth-order valence-corrected chi connectivity index (χ4v) is 2.15. The second kappa shape index (κ2) is 4.69. The van der Waals surface area contributed by atoms with Gasteiger partial charge in [0, 0.05) is 11.1 Å². The van der Waals surface area contributed by atoms with Gasteiger partial charge in [0.15, 0.2) is 0 Å². The molecule has 2 aromatic rings. The van der Waals surface area contributed by atoms with Crippen molar-refractivity contribution >= 4 is 39.8 Å². The number of nitrogens with one attached hydrogen (secondary N) is 1. The van der Waals surface area contributed by atoms with Crippen molar-refractivity contribution in [3.63, 3.8) is 0 Å². The van der Waals surface area contributed by atoms with E-state index in [9.17, 15) is 0 Å². The van der Waals surface area contributed by atoms with Gasteiger partial charge in [-0.1, -0.05) is 37.0 Å². The first-order valence-corrected chi connectivity index (χ1v) is 6.05. The Morgan fingerprint density at radius 1 is 1.24 bits per heavy atom. The van der Waals surface area contributed by atoms with E-state index < -0.39 is 0 Å². The van der Waals surface area contributed by atoms with E-state index in [0.29, 0.717) is 21.5 Å². The third-order valence-corrected chi connectivity index (χ3v) is 3.25. The normalized spacial score (nSPS) is 11.2. The van der Waals surface area contributed by atoms with Crippen LogP contribution in [0.1, 0.15) is 25.5 Å². The molecular formula is C12H13Cl2N3. The van der Waals surface area contributed by atoms with Gasteiger partial charge in [-0.3, -0.25) is 10.8 Å². The van der Waals surface area contributed by atoms with Crippen LogP contribution in [0.2, 0.25) is 10.0 Å². The number of aromatic nitrogens is 1. The molecule has 5 heteroatoms. The minimum absolute atomic E-state index is 0.293. The second-order valence-electron chi connectivity index (χ2n) is 4.15. The molecule has 1 heterocycles. The van der Waals surface area contributed by atoms with Gasteiger partial charge in [-0.2, -0.15) is 0 Å². The summed E-state index contributed by atoms with van der Waals surface area (Å²) in [5.74, 6) is 5.82. The molecule has 3 N–H and O–H groups in total. The molecule has 3 nitrogen and oxygen atoms in total. The number of nitrogens with two attached hydrogens (primary N) is 1. The van der Waals surface area contributed by atoms with E-state index in [2.05, 4.69) is 24.3 Å². The van der Waals surface area contributed by atoms with E-state index in [1.807, 2.05) is 6.07 Å². The van der Waals surface area contributed by atoms with E-state index in [0.717, 1.165) is 16.8 Å². The van der Waals surface area contributed by atoms with Crippen molar-refractivity contribution in [3.8, 4) is 0 Å². The van der Waals surface area contributed by atoms with Gasteiger partial charge in [0.1, 0.15) is 0 Å². The Labute approximate surface area is 110 Å². The quantitative estimate of drug-likeness (QED) is 0.641. The van der Waals surface area contributed by atoms with E-state index in [1.54, 1.807) is 12.1 Å². The molecule has 1 aromatic heterocycles. The van der Waals surface area contributed by atoms with E-state index in [-0.39, 0.29) is 0 Å². The minimum atomic E-state index is 0.293. The summed E-state index contributed by atoms with van der Waals surface area (Å²) in [6, 6.07) is 5.38. The third-order valence-electron chi connectivity index (χ3n) is 2.63. The fraction of sp³-hybridized carbons (Fsp3) is 0.250. The number of hydrogen-bond acceptors (Lipinski definition) is 3. The number of benzene rings is 1. The van der Waals surface area contributed by atoms with Gasteiger partial charge in [0.05, 0.1) is 21.2 Å². The average Bonchev–Trinajstić information content (AvgIpc) is 2.32. The number of anilines is 1. The highest BCUT2D eigenvalue weighted by Gasteiger charge is 2.13. The van der Waals surface area contributed by atoms with Gasteiger partial charge >= 0.3 is 0 Å². The lowest BCUT2D eigenvalue weighted by molar-refractivity contribution is 0.830. The van der Waals surface area contributed by atoms with Gasteiger partial charge in [0.25, 0.3) is 0 Å². The molecule has 0 fully saturated rings. The maximum atomic E-state index is 6.15. The Hall–Kier alpha value is -1.03. The second-order valence-corrected chi connectivity index (χ2v) is 4.96. The van der Waals surface area contributed by atoms with Gasteiger partial charge in [-0.05, 0) is 24.1 Å². The van der Waals surface area contributed by atoms with Gasteiger partial charge in [-0.15, -0.1) is 0 Å². The summed E-state index contributed by atoms with van der Waals surface area (Å²) in [7, 11) is 0. The number of fused-ring (bicyclic) bond motifs is 1. The summed E-state index contributed by atoms with van der Waals surface area (Å²) in [6.45, 7) is 4.12. The first-order chi connectivity index (χ1) is 8.04. The van der Waals surface area contributed by atoms with E-state index in [1.165, 1.54) is 0 Å². The van der Waals surface area contributed by atoms with Crippen molar-refractivity contribution in [2.24, 2.45) is 5.84 Å². The van der Waals surface area contributed by atoms with Crippen LogP contribution in [0, 0.1) is 0 Å². The van der Waals surface area contributed by atoms with E-state index >= 15 is 0 Å². The molecule has 0 aliphatic heterocycles. The molecule has 0 spiro atoms. The summed E-state index contributed by atoms with van der Waals surface area (Å²) in [4.78, 5) is 4.53. The molecule has 2 rings (SSSR count). The molecule has 17 heavy (non-hydrogen) atoms. The Morgan fingerprint density at radius 2 is 1.88 bits per heavy atom. The lowest BCUT2D eigenvalue weighted by atomic mass is 10.1. The Balaban J connectivity index is 2.87. The maximum Gasteiger partial charge on any atom is 0.0927 e. The zero-order valence-electron chi connectivity index (χ0n) is 9.59. The molecule has 0 aliphatic rings. The van der Waals surface area contributed by atoms with Crippen molar-refractivity contribution in [3.05, 3.63) is 33.9 Å². The number of nitrogen functional groups attached to an aromatic ring is 1. The Morgan fingerprint density at radius 3 is 2.47 bits per heavy atom. The van der Waals surface area contributed by atoms with Gasteiger partial charge in [0.2, 0.25) is 0 Å². The molecule has 1 aromatic carbocycles. The van der Waals surface area contributed by atoms with Crippen LogP contribution in [0.15, 0.2) is 18.2 Å². The predicted molar refractivity (Wildman–Crippen MR) is 73.7 cm³/mol. The molecule has 90 valence electrons. The molecular weight excluding hydrogens is 257 g/mol. The summed E-state index contributed by atoms with van der Waals surface area (Å²) in [5.41, 5.74) is 5.00. The Bertz CT molecular complexity index is 567. The molecule has 0 radical (unpaired) electrons. The van der Waals surface area contributed by atoms with Crippen LogP contribution in [0.25, 0.3) is 10.9 Å². The van der Waals surface area contributed by atoms with Crippen molar-refractivity contribution in [2.75, 3.05) is 5.43 Å². The summed E-state index contributed by atoms with van der Waals surface area (Å²) < 4.78 is 0. The number of halogens is 2. The lowest BCUT2D eigenvalue weighted by Crippen LogP contribution is -2.09. The molecule has 0 bridgehead atoms. The molecule has 0 aliphatic carbocycles. The molecule has 0 atom stereocenters. The van der Waals surface area contributed by atoms with Crippen molar-refractivity contribution in [2.45, 2.75) is 19.8 Å². The number of rotatable bonds is 2. The molecule has 0 unspecified atom stereocenters. The predicted octanol–water partition coefficient (Wildman–Crippen LogP) is 3.95. The van der Waals surface area contributed by atoms with Crippen LogP contribution < -0.4 is 11.3 Å². The van der Waals surface area contributed by atoms with Crippen LogP contribution in [0.5, 0.6) is 0 Å². The topological polar surface area (TPSA) is 50.9 Å². The molecule has 0 amide bonds. The minimum Gasteiger partial charge on any atom is -0.323 e. The van der Waals surface area contributed by atoms with Crippen LogP contribution in [0.3, 0.4) is 0 Å². The number of hydrazine groups is 1. The summed E-state index contributed by atoms with van der Waals surface area (Å²) in [6.07, 6.45) is 0. The fourth-order valence-electron chi connectivity index (χ4n) is 1.70. The first-order valence-electron chi connectivity index (χ1n) is 5.30. The van der Waals surface area contributed by atoms with Crippen LogP contribution in [0.4, 0.5) is 5.69 Å². The summed E-state index contributed by atoms with van der Waals surface area (Å²) >= 11 is 12.3. The van der Waals surface area contributed by atoms with Gasteiger partial charge in [-0.25, -0.2) is 0 Å². The first kappa shape index (κ1) is 12.4. The van der Waals surface area contributed by atoms with Crippen molar-refractivity contribution in [1.82, 2.24) is 4.98 Å². The van der Waals surface area contributed by atoms with Crippen LogP contribution >= 0.6 is 23.2 Å². The van der Waals surface area contributed by atoms with E-state index in [4.69, 9.17) is 29.0 Å². The average molecular weight is 270 g/mol. The SMILES string of the molecule is CC(C)c1cc(NN)c2c(Cl)ccc(Cl)c2n1. The Kier molecular flexibility index (Phi) is 3.43. The highest BCUT2D eigenvalue weighted by molar-refractivity contribution is 6.40. The summed E-state index contributed by atoms with van der Waals surface area (Å²) in [5, 5.41) is 1.91. The molecule has 0 saturated heterocycles. The number of pyridine rings is 1. The standard InChI is InChI=1S/C12H13Cl2N3/c1-6(2)9-5-10(17-15)11-7(13)3-4-8(14)12(11)16-9/h3-6H,15H2,1-2H3,(H,16,17). The zero-order chi connectivity index (χ0) is 12.6. The van der Waals surface area contributed by atoms with Crippen LogP contribution in [-0.4, -0.2) is 4.98 Å². The van der Waals surface area contributed by atoms with Gasteiger partial charge < -0.3 is 5.43 Å². The number of nitrogens with zero attached hydrogens (tertiary/aromatic N) is 1. The highest BCUT2D eigenvalue weighted by atomic mass is 35.5. The van der Waals surface area contributed by atoms with Crippen LogP contribution in [-0.2, 0) is 0 Å². The number of hydrogen-bond donors (Lipinski definition) is 2. The third kappa shape index (κ3) is 2.18. The highest BCUT2D eigenvalue weighted by Crippen LogP contribution is 2.35. The largest absolute Gasteiger partial charge is 0.323 e.